The molecular weight excluding hydrogens is 475 g/mol. The summed E-state index contributed by atoms with van der Waals surface area (Å²) in [6.45, 7) is 4.80. The van der Waals surface area contributed by atoms with Gasteiger partial charge in [0.15, 0.2) is 5.82 Å². The largest absolute Gasteiger partial charge is 0.493 e. The van der Waals surface area contributed by atoms with Crippen molar-refractivity contribution in [1.82, 2.24) is 14.8 Å². The van der Waals surface area contributed by atoms with Crippen LogP contribution in [0.2, 0.25) is 0 Å². The van der Waals surface area contributed by atoms with Crippen LogP contribution in [0.15, 0.2) is 42.7 Å². The zero-order valence-corrected chi connectivity index (χ0v) is 20.3. The van der Waals surface area contributed by atoms with Gasteiger partial charge in [0, 0.05) is 24.9 Å². The number of carboxylic acids is 1. The molecule has 0 saturated carbocycles. The molecule has 0 fully saturated rings. The maximum absolute atomic E-state index is 12.8. The first-order valence-electron chi connectivity index (χ1n) is 11.9. The van der Waals surface area contributed by atoms with Gasteiger partial charge in [-0.25, -0.2) is 9.67 Å². The van der Waals surface area contributed by atoms with E-state index in [1.807, 2.05) is 26.1 Å². The third-order valence-electron chi connectivity index (χ3n) is 5.48. The maximum Gasteiger partial charge on any atom is 0.417 e. The summed E-state index contributed by atoms with van der Waals surface area (Å²) in [4.78, 5) is 14.8. The molecule has 0 aliphatic heterocycles. The van der Waals surface area contributed by atoms with Gasteiger partial charge in [0.25, 0.3) is 0 Å². The monoisotopic (exact) mass is 505 g/mol. The second-order valence-corrected chi connectivity index (χ2v) is 8.25. The minimum absolute atomic E-state index is 0.0239. The van der Waals surface area contributed by atoms with Crippen molar-refractivity contribution in [3.8, 4) is 17.3 Å². The van der Waals surface area contributed by atoms with E-state index in [0.717, 1.165) is 41.9 Å². The van der Waals surface area contributed by atoms with E-state index in [9.17, 15) is 18.0 Å². The van der Waals surface area contributed by atoms with E-state index in [2.05, 4.69) is 10.1 Å². The number of alkyl halides is 3. The van der Waals surface area contributed by atoms with Crippen LogP contribution in [0.3, 0.4) is 0 Å². The summed E-state index contributed by atoms with van der Waals surface area (Å²) in [7, 11) is 0. The average molecular weight is 506 g/mol. The predicted octanol–water partition coefficient (Wildman–Crippen LogP) is 5.67. The van der Waals surface area contributed by atoms with Gasteiger partial charge in [-0.3, -0.25) is 4.79 Å². The van der Waals surface area contributed by atoms with Gasteiger partial charge in [0.05, 0.1) is 24.5 Å². The predicted molar refractivity (Wildman–Crippen MR) is 128 cm³/mol. The van der Waals surface area contributed by atoms with Gasteiger partial charge in [0.2, 0.25) is 0 Å². The highest BCUT2D eigenvalue weighted by molar-refractivity contribution is 5.67. The molecule has 1 aromatic carbocycles. The highest BCUT2D eigenvalue weighted by Crippen LogP contribution is 2.29. The van der Waals surface area contributed by atoms with Crippen LogP contribution >= 0.6 is 0 Å². The number of nitrogens with zero attached hydrogens (tertiary/aromatic N) is 3. The average Bonchev–Trinajstić information content (AvgIpc) is 3.24. The van der Waals surface area contributed by atoms with E-state index in [1.165, 1.54) is 10.7 Å². The Morgan fingerprint density at radius 2 is 1.86 bits per heavy atom. The fourth-order valence-corrected chi connectivity index (χ4v) is 3.72. The number of hydrogen-bond acceptors (Lipinski definition) is 5. The van der Waals surface area contributed by atoms with Crippen molar-refractivity contribution in [2.75, 3.05) is 13.2 Å². The summed E-state index contributed by atoms with van der Waals surface area (Å²) in [6.07, 6.45) is 1.61. The number of rotatable bonds is 13. The quantitative estimate of drug-likeness (QED) is 0.302. The smallest absolute Gasteiger partial charge is 0.417 e. The first-order chi connectivity index (χ1) is 17.2. The Hall–Kier alpha value is -3.56. The lowest BCUT2D eigenvalue weighted by Crippen LogP contribution is -2.07. The van der Waals surface area contributed by atoms with E-state index in [4.69, 9.17) is 14.6 Å². The Morgan fingerprint density at radius 1 is 1.06 bits per heavy atom. The fourth-order valence-electron chi connectivity index (χ4n) is 3.72. The Morgan fingerprint density at radius 3 is 2.50 bits per heavy atom. The normalized spacial score (nSPS) is 11.5. The number of ether oxygens (including phenoxy) is 2. The minimum atomic E-state index is -4.43. The number of benzene rings is 1. The van der Waals surface area contributed by atoms with Crippen molar-refractivity contribution in [3.05, 3.63) is 65.1 Å². The molecule has 0 aliphatic rings. The molecule has 0 spiro atoms. The number of aryl methyl sites for hydroxylation is 3. The summed E-state index contributed by atoms with van der Waals surface area (Å²) < 4.78 is 51.5. The summed E-state index contributed by atoms with van der Waals surface area (Å²) in [5.41, 5.74) is 1.91. The van der Waals surface area contributed by atoms with Gasteiger partial charge < -0.3 is 14.6 Å². The van der Waals surface area contributed by atoms with Crippen LogP contribution in [0.4, 0.5) is 13.2 Å². The number of hydrogen-bond donors (Lipinski definition) is 1. The van der Waals surface area contributed by atoms with Crippen LogP contribution in [0.5, 0.6) is 11.5 Å². The highest BCUT2D eigenvalue weighted by atomic mass is 19.4. The molecule has 0 unspecified atom stereocenters. The van der Waals surface area contributed by atoms with Gasteiger partial charge in [0.1, 0.15) is 11.5 Å². The topological polar surface area (TPSA) is 86.5 Å². The van der Waals surface area contributed by atoms with Crippen molar-refractivity contribution in [1.29, 1.82) is 0 Å². The number of aromatic nitrogens is 3. The maximum atomic E-state index is 12.8. The molecule has 0 bridgehead atoms. The molecule has 36 heavy (non-hydrogen) atoms. The molecule has 10 heteroatoms. The second kappa shape index (κ2) is 12.4. The van der Waals surface area contributed by atoms with E-state index < -0.39 is 17.7 Å². The molecule has 7 nitrogen and oxygen atoms in total. The number of halogens is 3. The lowest BCUT2D eigenvalue weighted by molar-refractivity contribution is -0.138. The van der Waals surface area contributed by atoms with Crippen LogP contribution in [0.1, 0.15) is 55.5 Å². The molecule has 1 N–H and O–H groups in total. The Bertz CT molecular complexity index is 1140. The van der Waals surface area contributed by atoms with Crippen molar-refractivity contribution in [2.45, 2.75) is 58.5 Å². The van der Waals surface area contributed by atoms with Crippen LogP contribution < -0.4 is 9.47 Å². The summed E-state index contributed by atoms with van der Waals surface area (Å²) >= 11 is 0. The zero-order chi connectivity index (χ0) is 26.1. The fraction of sp³-hybridized carbons (Fsp3) is 0.423. The molecule has 0 radical (unpaired) electrons. The second-order valence-electron chi connectivity index (χ2n) is 8.25. The standard InChI is InChI=1S/C26H30F3N3O4/c1-3-6-22-19(17-32(31-22)24-12-10-20(16-30-24)26(27,28)29)7-5-14-36-21-11-8-18(9-13-25(33)34)23(15-21)35-4-2/h8,10-12,15-17H,3-7,9,13-14H2,1-2H3,(H,33,34). The van der Waals surface area contributed by atoms with Crippen molar-refractivity contribution in [2.24, 2.45) is 0 Å². The van der Waals surface area contributed by atoms with Gasteiger partial charge in [-0.1, -0.05) is 19.4 Å². The summed E-state index contributed by atoms with van der Waals surface area (Å²) in [6, 6.07) is 7.72. The third kappa shape index (κ3) is 7.47. The molecule has 0 saturated heterocycles. The number of carboxylic acid groups (broad SMARTS) is 1. The van der Waals surface area contributed by atoms with Crippen LogP contribution in [-0.4, -0.2) is 39.1 Å². The Kier molecular flexibility index (Phi) is 9.32. The third-order valence-corrected chi connectivity index (χ3v) is 5.48. The SMILES string of the molecule is CCCc1nn(-c2ccc(C(F)(F)F)cn2)cc1CCCOc1ccc(CCC(=O)O)c(OCC)c1. The van der Waals surface area contributed by atoms with E-state index in [1.54, 1.807) is 12.1 Å². The molecule has 3 aromatic rings. The van der Waals surface area contributed by atoms with Crippen molar-refractivity contribution in [3.63, 3.8) is 0 Å². The molecule has 0 aliphatic carbocycles. The van der Waals surface area contributed by atoms with E-state index in [0.29, 0.717) is 49.8 Å². The molecule has 2 aromatic heterocycles. The van der Waals surface area contributed by atoms with E-state index in [-0.39, 0.29) is 6.42 Å². The summed E-state index contributed by atoms with van der Waals surface area (Å²) in [5.74, 6) is 0.717. The lowest BCUT2D eigenvalue weighted by atomic mass is 10.1. The Labute approximate surface area is 207 Å². The molecule has 194 valence electrons. The number of pyridine rings is 1. The van der Waals surface area contributed by atoms with Gasteiger partial charge in [-0.15, -0.1) is 0 Å². The molecule has 3 rings (SSSR count). The van der Waals surface area contributed by atoms with Gasteiger partial charge in [-0.05, 0) is 61.9 Å². The van der Waals surface area contributed by atoms with Gasteiger partial charge in [-0.2, -0.15) is 18.3 Å². The minimum Gasteiger partial charge on any atom is -0.493 e. The number of carbonyl (C=O) groups is 1. The van der Waals surface area contributed by atoms with E-state index >= 15 is 0 Å². The molecule has 0 atom stereocenters. The molecular formula is C26H30F3N3O4. The number of aliphatic carboxylic acids is 1. The first-order valence-corrected chi connectivity index (χ1v) is 11.9. The summed E-state index contributed by atoms with van der Waals surface area (Å²) in [5, 5.41) is 13.5. The first kappa shape index (κ1) is 27.0. The Balaban J connectivity index is 1.62. The van der Waals surface area contributed by atoms with Crippen molar-refractivity contribution < 1.29 is 32.5 Å². The highest BCUT2D eigenvalue weighted by Gasteiger charge is 2.30. The zero-order valence-electron chi connectivity index (χ0n) is 20.3. The van der Waals surface area contributed by atoms with Crippen molar-refractivity contribution >= 4 is 5.97 Å². The van der Waals surface area contributed by atoms with Crippen LogP contribution in [-0.2, 0) is 30.2 Å². The molecule has 2 heterocycles. The van der Waals surface area contributed by atoms with Gasteiger partial charge >= 0.3 is 12.1 Å². The lowest BCUT2D eigenvalue weighted by Gasteiger charge is -2.12. The molecule has 0 amide bonds. The van der Waals surface area contributed by atoms with Crippen LogP contribution in [0, 0.1) is 0 Å². The van der Waals surface area contributed by atoms with Crippen LogP contribution in [0.25, 0.3) is 5.82 Å².